The first-order chi connectivity index (χ1) is 18.0. The van der Waals surface area contributed by atoms with Crippen LogP contribution in [0.15, 0.2) is 42.5 Å². The van der Waals surface area contributed by atoms with E-state index >= 15 is 0 Å². The number of hydrogen-bond acceptors (Lipinski definition) is 6. The average molecular weight is 568 g/mol. The van der Waals surface area contributed by atoms with Gasteiger partial charge in [0.15, 0.2) is 0 Å². The van der Waals surface area contributed by atoms with Gasteiger partial charge in [-0.25, -0.2) is 8.42 Å². The predicted molar refractivity (Wildman–Crippen MR) is 150 cm³/mol. The first kappa shape index (κ1) is 31.2. The van der Waals surface area contributed by atoms with Gasteiger partial charge in [-0.05, 0) is 55.2 Å². The molecule has 9 nitrogen and oxygen atoms in total. The molecule has 11 heteroatoms. The van der Waals surface area contributed by atoms with Crippen LogP contribution in [0.4, 0.5) is 5.69 Å². The van der Waals surface area contributed by atoms with Gasteiger partial charge in [0, 0.05) is 26.1 Å². The lowest BCUT2D eigenvalue weighted by Gasteiger charge is -2.31. The normalized spacial score (nSPS) is 11.9. The van der Waals surface area contributed by atoms with E-state index in [0.29, 0.717) is 30.2 Å². The van der Waals surface area contributed by atoms with Crippen LogP contribution in [0.3, 0.4) is 0 Å². The van der Waals surface area contributed by atoms with E-state index in [1.54, 1.807) is 36.3 Å². The van der Waals surface area contributed by atoms with E-state index in [1.165, 1.54) is 17.5 Å². The highest BCUT2D eigenvalue weighted by Crippen LogP contribution is 2.30. The van der Waals surface area contributed by atoms with Gasteiger partial charge < -0.3 is 19.7 Å². The van der Waals surface area contributed by atoms with Gasteiger partial charge in [0.25, 0.3) is 0 Å². The van der Waals surface area contributed by atoms with Gasteiger partial charge in [0.1, 0.15) is 17.5 Å². The number of methoxy groups -OCH3 is 2. The van der Waals surface area contributed by atoms with Crippen LogP contribution in [0.1, 0.15) is 45.1 Å². The molecule has 0 aromatic heterocycles. The third kappa shape index (κ3) is 8.80. The number of sulfonamides is 1. The van der Waals surface area contributed by atoms with Crippen molar-refractivity contribution in [2.24, 2.45) is 0 Å². The molecule has 0 aliphatic carbocycles. The number of carbonyl (C=O) groups excluding carboxylic acids is 2. The third-order valence-corrected chi connectivity index (χ3v) is 7.51. The van der Waals surface area contributed by atoms with Crippen LogP contribution >= 0.6 is 11.6 Å². The molecule has 2 aromatic rings. The molecule has 38 heavy (non-hydrogen) atoms. The molecule has 0 aliphatic rings. The van der Waals surface area contributed by atoms with Crippen LogP contribution in [-0.2, 0) is 26.2 Å². The number of amides is 2. The Morgan fingerprint density at radius 1 is 1.05 bits per heavy atom. The van der Waals surface area contributed by atoms with Crippen molar-refractivity contribution in [2.45, 2.75) is 52.1 Å². The van der Waals surface area contributed by atoms with Crippen LogP contribution in [-0.4, -0.2) is 64.7 Å². The van der Waals surface area contributed by atoms with Gasteiger partial charge in [-0.2, -0.15) is 0 Å². The quantitative estimate of drug-likeness (QED) is 0.345. The van der Waals surface area contributed by atoms with Crippen molar-refractivity contribution in [2.75, 3.05) is 37.9 Å². The van der Waals surface area contributed by atoms with E-state index in [0.717, 1.165) is 18.2 Å². The summed E-state index contributed by atoms with van der Waals surface area (Å²) >= 11 is 6.21. The lowest BCUT2D eigenvalue weighted by molar-refractivity contribution is -0.141. The zero-order valence-electron chi connectivity index (χ0n) is 22.7. The minimum atomic E-state index is -3.64. The number of benzene rings is 2. The van der Waals surface area contributed by atoms with Crippen LogP contribution in [0.25, 0.3) is 0 Å². The summed E-state index contributed by atoms with van der Waals surface area (Å²) in [5, 5.41) is 3.17. The van der Waals surface area contributed by atoms with Gasteiger partial charge in [-0.1, -0.05) is 37.6 Å². The fourth-order valence-electron chi connectivity index (χ4n) is 4.03. The summed E-state index contributed by atoms with van der Waals surface area (Å²) < 4.78 is 36.7. The predicted octanol–water partition coefficient (Wildman–Crippen LogP) is 4.24. The lowest BCUT2D eigenvalue weighted by atomic mass is 10.1. The molecule has 0 unspecified atom stereocenters. The SMILES string of the molecule is CCCNC(=O)[C@H](CC)N(Cc1ccc(OC)cc1)C(=O)CCCN(c1ccc(OC)c(Cl)c1)S(C)(=O)=O. The van der Waals surface area contributed by atoms with Crippen molar-refractivity contribution >= 4 is 39.1 Å². The molecule has 1 N–H and O–H groups in total. The fourth-order valence-corrected chi connectivity index (χ4v) is 5.24. The van der Waals surface area contributed by atoms with E-state index in [-0.39, 0.29) is 42.8 Å². The first-order valence-electron chi connectivity index (χ1n) is 12.6. The maximum atomic E-state index is 13.5. The van der Waals surface area contributed by atoms with Crippen molar-refractivity contribution < 1.29 is 27.5 Å². The Bertz CT molecular complexity index is 1170. The zero-order valence-corrected chi connectivity index (χ0v) is 24.3. The molecule has 2 amide bonds. The minimum Gasteiger partial charge on any atom is -0.497 e. The molecule has 0 aliphatic heterocycles. The van der Waals surface area contributed by atoms with E-state index in [2.05, 4.69) is 5.32 Å². The van der Waals surface area contributed by atoms with Gasteiger partial charge >= 0.3 is 0 Å². The molecular formula is C27H38ClN3O6S. The molecular weight excluding hydrogens is 530 g/mol. The number of nitrogens with zero attached hydrogens (tertiary/aromatic N) is 2. The maximum Gasteiger partial charge on any atom is 0.242 e. The molecule has 0 radical (unpaired) electrons. The Balaban J connectivity index is 2.22. The van der Waals surface area contributed by atoms with Crippen LogP contribution in [0.5, 0.6) is 11.5 Å². The second-order valence-corrected chi connectivity index (χ2v) is 11.2. The number of anilines is 1. The Hall–Kier alpha value is -2.98. The molecule has 0 saturated carbocycles. The Morgan fingerprint density at radius 3 is 2.26 bits per heavy atom. The summed E-state index contributed by atoms with van der Waals surface area (Å²) in [6.45, 7) is 4.66. The summed E-state index contributed by atoms with van der Waals surface area (Å²) in [4.78, 5) is 28.0. The van der Waals surface area contributed by atoms with Gasteiger partial charge in [-0.15, -0.1) is 0 Å². The second kappa shape index (κ2) is 14.8. The maximum absolute atomic E-state index is 13.5. The number of hydrogen-bond donors (Lipinski definition) is 1. The van der Waals surface area contributed by atoms with Crippen molar-refractivity contribution in [3.05, 3.63) is 53.1 Å². The number of rotatable bonds is 15. The molecule has 1 atom stereocenters. The first-order valence-corrected chi connectivity index (χ1v) is 14.8. The van der Waals surface area contributed by atoms with Gasteiger partial charge in [0.2, 0.25) is 21.8 Å². The number of ether oxygens (including phenoxy) is 2. The smallest absolute Gasteiger partial charge is 0.242 e. The van der Waals surface area contributed by atoms with E-state index < -0.39 is 16.1 Å². The summed E-state index contributed by atoms with van der Waals surface area (Å²) in [7, 11) is -0.584. The number of carbonyl (C=O) groups is 2. The molecule has 210 valence electrons. The summed E-state index contributed by atoms with van der Waals surface area (Å²) in [6.07, 6.45) is 2.64. The molecule has 2 rings (SSSR count). The molecule has 0 fully saturated rings. The van der Waals surface area contributed by atoms with E-state index in [1.807, 2.05) is 26.0 Å². The molecule has 0 saturated heterocycles. The summed E-state index contributed by atoms with van der Waals surface area (Å²) in [5.41, 5.74) is 1.23. The minimum absolute atomic E-state index is 0.0591. The Morgan fingerprint density at radius 2 is 1.74 bits per heavy atom. The van der Waals surface area contributed by atoms with Crippen molar-refractivity contribution in [3.8, 4) is 11.5 Å². The Kier molecular flexibility index (Phi) is 12.2. The van der Waals surface area contributed by atoms with Crippen LogP contribution in [0.2, 0.25) is 5.02 Å². The standard InChI is InChI=1S/C27H38ClN3O6S/c1-6-16-29-27(33)24(7-2)30(19-20-10-13-22(36-3)14-11-20)26(32)9-8-17-31(38(5,34)35)21-12-15-25(37-4)23(28)18-21/h10-15,18,24H,6-9,16-17,19H2,1-5H3,(H,29,33)/t24-/m0/s1. The largest absolute Gasteiger partial charge is 0.497 e. The summed E-state index contributed by atoms with van der Waals surface area (Å²) in [5.74, 6) is 0.682. The average Bonchev–Trinajstić information content (AvgIpc) is 2.89. The van der Waals surface area contributed by atoms with Crippen molar-refractivity contribution in [1.82, 2.24) is 10.2 Å². The highest BCUT2D eigenvalue weighted by Gasteiger charge is 2.28. The van der Waals surface area contributed by atoms with E-state index in [9.17, 15) is 18.0 Å². The molecule has 0 bridgehead atoms. The topological polar surface area (TPSA) is 105 Å². The van der Waals surface area contributed by atoms with Gasteiger partial charge in [-0.3, -0.25) is 13.9 Å². The Labute approximate surface area is 231 Å². The van der Waals surface area contributed by atoms with Crippen LogP contribution in [0, 0.1) is 0 Å². The third-order valence-electron chi connectivity index (χ3n) is 6.02. The highest BCUT2D eigenvalue weighted by atomic mass is 35.5. The molecule has 0 heterocycles. The second-order valence-electron chi connectivity index (χ2n) is 8.84. The monoisotopic (exact) mass is 567 g/mol. The van der Waals surface area contributed by atoms with Crippen molar-refractivity contribution in [3.63, 3.8) is 0 Å². The van der Waals surface area contributed by atoms with Crippen LogP contribution < -0.4 is 19.1 Å². The highest BCUT2D eigenvalue weighted by molar-refractivity contribution is 7.92. The van der Waals surface area contributed by atoms with Gasteiger partial charge in [0.05, 0.1) is 31.2 Å². The zero-order chi connectivity index (χ0) is 28.3. The summed E-state index contributed by atoms with van der Waals surface area (Å²) in [6, 6.07) is 11.4. The fraction of sp³-hybridized carbons (Fsp3) is 0.481. The number of nitrogens with one attached hydrogen (secondary N) is 1. The van der Waals surface area contributed by atoms with E-state index in [4.69, 9.17) is 21.1 Å². The van der Waals surface area contributed by atoms with Crippen molar-refractivity contribution in [1.29, 1.82) is 0 Å². The molecule has 2 aromatic carbocycles. The number of halogens is 1. The molecule has 0 spiro atoms. The lowest BCUT2D eigenvalue weighted by Crippen LogP contribution is -2.49.